The van der Waals surface area contributed by atoms with E-state index in [9.17, 15) is 9.18 Å². The largest absolute Gasteiger partial charge is 0.462 e. The molecule has 3 aliphatic heterocycles. The van der Waals surface area contributed by atoms with Gasteiger partial charge < -0.3 is 25.2 Å². The zero-order chi connectivity index (χ0) is 29.3. The first kappa shape index (κ1) is 27.2. The molecule has 2 aromatic carbocycles. The number of hydrogen-bond donors (Lipinski definition) is 1. The number of nitrogens with zero attached hydrogens (tertiary/aromatic N) is 6. The molecule has 3 saturated heterocycles. The summed E-state index contributed by atoms with van der Waals surface area (Å²) in [6, 6.07) is 4.59. The monoisotopic (exact) mass is 611 g/mol. The van der Waals surface area contributed by atoms with Crippen LogP contribution in [0, 0.1) is 11.6 Å². The summed E-state index contributed by atoms with van der Waals surface area (Å²) in [5.74, 6) is -0.812. The Hall–Kier alpha value is -3.61. The summed E-state index contributed by atoms with van der Waals surface area (Å²) >= 11 is 7.73. The Morgan fingerprint density at radius 1 is 1.26 bits per heavy atom. The molecular formula is C29H28ClF2N7O2S. The maximum absolute atomic E-state index is 16.6. The molecule has 0 saturated carbocycles. The number of benzene rings is 2. The summed E-state index contributed by atoms with van der Waals surface area (Å²) < 4.78 is 37.4. The highest BCUT2D eigenvalue weighted by Gasteiger charge is 2.55. The number of anilines is 2. The van der Waals surface area contributed by atoms with E-state index < -0.39 is 11.6 Å². The van der Waals surface area contributed by atoms with Crippen LogP contribution in [0.3, 0.4) is 0 Å². The van der Waals surface area contributed by atoms with Crippen LogP contribution in [0.5, 0.6) is 6.01 Å². The van der Waals surface area contributed by atoms with Crippen molar-refractivity contribution in [3.63, 3.8) is 0 Å². The van der Waals surface area contributed by atoms with E-state index in [1.807, 2.05) is 16.8 Å². The second kappa shape index (κ2) is 9.99. The number of nitrogens with two attached hydrogens (primary N) is 1. The highest BCUT2D eigenvalue weighted by molar-refractivity contribution is 7.22. The van der Waals surface area contributed by atoms with Crippen molar-refractivity contribution in [2.45, 2.75) is 30.8 Å². The number of hydrogen-bond acceptors (Lipinski definition) is 9. The lowest BCUT2D eigenvalue weighted by Gasteiger charge is -2.62. The predicted octanol–water partition coefficient (Wildman–Crippen LogP) is 4.87. The fraction of sp³-hybridized carbons (Fsp3) is 0.379. The number of likely N-dealkylation sites (tertiary alicyclic amines) is 2. The Kier molecular flexibility index (Phi) is 6.48. The second-order valence-electron chi connectivity index (χ2n) is 11.2. The van der Waals surface area contributed by atoms with Crippen LogP contribution in [0.4, 0.5) is 19.7 Å². The first-order valence-corrected chi connectivity index (χ1v) is 15.0. The fourth-order valence-electron chi connectivity index (χ4n) is 6.40. The molecule has 4 aromatic rings. The van der Waals surface area contributed by atoms with E-state index in [-0.39, 0.29) is 54.9 Å². The van der Waals surface area contributed by atoms with Crippen LogP contribution in [-0.4, -0.2) is 82.1 Å². The lowest BCUT2D eigenvalue weighted by atomic mass is 9.77. The minimum Gasteiger partial charge on any atom is -0.462 e. The molecule has 9 nitrogen and oxygen atoms in total. The number of aromatic nitrogens is 3. The zero-order valence-electron chi connectivity index (χ0n) is 22.9. The van der Waals surface area contributed by atoms with Gasteiger partial charge in [0.1, 0.15) is 23.8 Å². The molecule has 1 unspecified atom stereocenters. The molecule has 1 spiro atoms. The summed E-state index contributed by atoms with van der Waals surface area (Å²) in [5.41, 5.74) is 6.20. The SMILES string of the molecule is C=CC(=O)N1CCC12CN(c1nc(OCC3CCCN3C)nc3c(F)c(-c4ccc(F)c5sc(N)nc45)c(Cl)cc13)C2. The van der Waals surface area contributed by atoms with E-state index in [1.54, 1.807) is 6.07 Å². The highest BCUT2D eigenvalue weighted by Crippen LogP contribution is 2.46. The van der Waals surface area contributed by atoms with Gasteiger partial charge in [-0.25, -0.2) is 13.8 Å². The van der Waals surface area contributed by atoms with Gasteiger partial charge in [-0.3, -0.25) is 4.79 Å². The third-order valence-corrected chi connectivity index (χ3v) is 9.97. The summed E-state index contributed by atoms with van der Waals surface area (Å²) in [4.78, 5) is 31.9. The number of thiazole rings is 1. The van der Waals surface area contributed by atoms with Crippen molar-refractivity contribution in [1.29, 1.82) is 0 Å². The average molecular weight is 612 g/mol. The van der Waals surface area contributed by atoms with E-state index >= 15 is 4.39 Å². The Balaban J connectivity index is 1.33. The van der Waals surface area contributed by atoms with E-state index in [4.69, 9.17) is 27.1 Å². The predicted molar refractivity (Wildman–Crippen MR) is 160 cm³/mol. The number of nitrogen functional groups attached to an aromatic ring is 1. The van der Waals surface area contributed by atoms with E-state index in [0.29, 0.717) is 43.0 Å². The standard InChI is InChI=1S/C29H28ClF2N7O2S/c1-3-20(40)39-10-8-29(39)13-38(14-29)26-17-11-18(30)21(16-6-7-19(31)25-24(16)34-27(33)42-25)22(32)23(17)35-28(36-26)41-12-15-5-4-9-37(15)2/h3,6-7,11,15H,1,4-5,8-10,12-14H2,2H3,(H2,33,34). The molecule has 0 bridgehead atoms. The highest BCUT2D eigenvalue weighted by atomic mass is 35.5. The maximum atomic E-state index is 16.6. The zero-order valence-corrected chi connectivity index (χ0v) is 24.4. The van der Waals surface area contributed by atoms with Gasteiger partial charge in [0.25, 0.3) is 0 Å². The van der Waals surface area contributed by atoms with Crippen molar-refractivity contribution < 1.29 is 18.3 Å². The average Bonchev–Trinajstić information content (AvgIpc) is 3.53. The molecule has 0 radical (unpaired) electrons. The van der Waals surface area contributed by atoms with Gasteiger partial charge in [-0.05, 0) is 57.1 Å². The summed E-state index contributed by atoms with van der Waals surface area (Å²) in [6.45, 7) is 6.70. The Labute approximate surface area is 249 Å². The van der Waals surface area contributed by atoms with Gasteiger partial charge in [0, 0.05) is 42.2 Å². The lowest BCUT2D eigenvalue weighted by molar-refractivity contribution is -0.144. The van der Waals surface area contributed by atoms with Crippen LogP contribution in [0.1, 0.15) is 19.3 Å². The van der Waals surface area contributed by atoms with Gasteiger partial charge >= 0.3 is 6.01 Å². The van der Waals surface area contributed by atoms with Crippen LogP contribution >= 0.6 is 22.9 Å². The Morgan fingerprint density at radius 3 is 2.76 bits per heavy atom. The molecule has 3 fully saturated rings. The first-order valence-electron chi connectivity index (χ1n) is 13.8. The molecule has 1 amide bonds. The minimum atomic E-state index is -0.689. The molecule has 1 atom stereocenters. The van der Waals surface area contributed by atoms with E-state index in [0.717, 1.165) is 37.1 Å². The number of ether oxygens (including phenoxy) is 1. The van der Waals surface area contributed by atoms with E-state index in [2.05, 4.69) is 21.4 Å². The molecule has 0 aliphatic carbocycles. The van der Waals surface area contributed by atoms with Crippen molar-refractivity contribution in [2.24, 2.45) is 0 Å². The van der Waals surface area contributed by atoms with Crippen LogP contribution in [0.25, 0.3) is 32.2 Å². The number of fused-ring (bicyclic) bond motifs is 2. The Bertz CT molecular complexity index is 1780. The number of amides is 1. The van der Waals surface area contributed by atoms with Gasteiger partial charge in [-0.15, -0.1) is 0 Å². The number of likely N-dealkylation sites (N-methyl/N-ethyl adjacent to an activating group) is 1. The Morgan fingerprint density at radius 2 is 2.07 bits per heavy atom. The number of carbonyl (C=O) groups is 1. The normalized spacial score (nSPS) is 19.9. The number of halogens is 3. The molecule has 2 N–H and O–H groups in total. The number of carbonyl (C=O) groups excluding carboxylic acids is 1. The summed E-state index contributed by atoms with van der Waals surface area (Å²) in [6.07, 6.45) is 4.26. The van der Waals surface area contributed by atoms with Crippen LogP contribution in [-0.2, 0) is 4.79 Å². The van der Waals surface area contributed by atoms with Crippen LogP contribution < -0.4 is 15.4 Å². The molecule has 3 aliphatic rings. The third-order valence-electron chi connectivity index (χ3n) is 8.78. The summed E-state index contributed by atoms with van der Waals surface area (Å²) in [7, 11) is 2.05. The molecule has 7 rings (SSSR count). The van der Waals surface area contributed by atoms with Crippen molar-refractivity contribution in [3.05, 3.63) is 47.5 Å². The maximum Gasteiger partial charge on any atom is 0.319 e. The van der Waals surface area contributed by atoms with E-state index in [1.165, 1.54) is 18.2 Å². The van der Waals surface area contributed by atoms with Crippen molar-refractivity contribution in [2.75, 3.05) is 50.5 Å². The second-order valence-corrected chi connectivity index (χ2v) is 12.6. The quantitative estimate of drug-likeness (QED) is 0.308. The molecule has 2 aromatic heterocycles. The third kappa shape index (κ3) is 4.18. The molecular weight excluding hydrogens is 584 g/mol. The van der Waals surface area contributed by atoms with Gasteiger partial charge in [0.05, 0.1) is 20.8 Å². The van der Waals surface area contributed by atoms with Gasteiger partial charge in [0.15, 0.2) is 10.9 Å². The number of rotatable bonds is 6. The topological polar surface area (TPSA) is 101 Å². The summed E-state index contributed by atoms with van der Waals surface area (Å²) in [5, 5.41) is 0.684. The van der Waals surface area contributed by atoms with Crippen molar-refractivity contribution >= 4 is 60.9 Å². The van der Waals surface area contributed by atoms with Crippen molar-refractivity contribution in [1.82, 2.24) is 24.8 Å². The van der Waals surface area contributed by atoms with Gasteiger partial charge in [0.2, 0.25) is 5.91 Å². The molecule has 13 heteroatoms. The van der Waals surface area contributed by atoms with Gasteiger partial charge in [-0.1, -0.05) is 29.5 Å². The smallest absolute Gasteiger partial charge is 0.319 e. The van der Waals surface area contributed by atoms with Crippen LogP contribution in [0.15, 0.2) is 30.9 Å². The minimum absolute atomic E-state index is 0.0310. The first-order chi connectivity index (χ1) is 20.2. The molecule has 42 heavy (non-hydrogen) atoms. The van der Waals surface area contributed by atoms with Crippen LogP contribution in [0.2, 0.25) is 5.02 Å². The lowest BCUT2D eigenvalue weighted by Crippen LogP contribution is -2.78. The van der Waals surface area contributed by atoms with Crippen molar-refractivity contribution in [3.8, 4) is 17.1 Å². The molecule has 5 heterocycles. The van der Waals surface area contributed by atoms with Gasteiger partial charge in [-0.2, -0.15) is 9.97 Å². The fourth-order valence-corrected chi connectivity index (χ4v) is 7.46. The molecule has 218 valence electrons.